The fourth-order valence-corrected chi connectivity index (χ4v) is 3.51. The molecule has 2 rings (SSSR count). The first-order valence-corrected chi connectivity index (χ1v) is 8.69. The first kappa shape index (κ1) is 16.5. The normalized spacial score (nSPS) is 20.2. The Morgan fingerprint density at radius 2 is 1.67 bits per heavy atom. The van der Waals surface area contributed by atoms with Crippen molar-refractivity contribution < 1.29 is 0 Å². The van der Waals surface area contributed by atoms with Crippen molar-refractivity contribution in [2.24, 2.45) is 5.73 Å². The molecule has 2 unspecified atom stereocenters. The maximum Gasteiger partial charge on any atom is 0.0450 e. The number of nitrogens with zero attached hydrogens (tertiary/aromatic N) is 1. The van der Waals surface area contributed by atoms with Crippen LogP contribution in [0, 0.1) is 0 Å². The predicted molar refractivity (Wildman–Crippen MR) is 91.5 cm³/mol. The van der Waals surface area contributed by atoms with Crippen LogP contribution in [-0.2, 0) is 6.42 Å². The topological polar surface area (TPSA) is 29.3 Å². The molecule has 118 valence electrons. The van der Waals surface area contributed by atoms with Crippen molar-refractivity contribution in [3.8, 4) is 0 Å². The molecule has 1 aromatic carbocycles. The Hall–Kier alpha value is -0.860. The minimum Gasteiger partial charge on any atom is -0.323 e. The van der Waals surface area contributed by atoms with Gasteiger partial charge < -0.3 is 5.73 Å². The van der Waals surface area contributed by atoms with Crippen LogP contribution in [0.15, 0.2) is 24.3 Å². The van der Waals surface area contributed by atoms with Gasteiger partial charge in [-0.1, -0.05) is 56.9 Å². The molecule has 0 saturated heterocycles. The van der Waals surface area contributed by atoms with Gasteiger partial charge in [-0.25, -0.2) is 0 Å². The van der Waals surface area contributed by atoms with Crippen LogP contribution in [-0.4, -0.2) is 24.0 Å². The monoisotopic (exact) mass is 288 g/mol. The molecule has 0 amide bonds. The van der Waals surface area contributed by atoms with E-state index in [0.29, 0.717) is 12.1 Å². The Bertz CT molecular complexity index is 404. The molecular formula is C19H32N2. The molecule has 2 heteroatoms. The molecule has 1 aromatic rings. The van der Waals surface area contributed by atoms with Crippen LogP contribution < -0.4 is 5.73 Å². The van der Waals surface area contributed by atoms with E-state index in [1.54, 1.807) is 0 Å². The van der Waals surface area contributed by atoms with E-state index in [2.05, 4.69) is 50.1 Å². The largest absolute Gasteiger partial charge is 0.323 e. The van der Waals surface area contributed by atoms with Gasteiger partial charge >= 0.3 is 0 Å². The van der Waals surface area contributed by atoms with Crippen LogP contribution in [0.1, 0.15) is 69.5 Å². The Kier molecular flexibility index (Phi) is 6.25. The number of hydrogen-bond donors (Lipinski definition) is 1. The van der Waals surface area contributed by atoms with E-state index in [9.17, 15) is 0 Å². The van der Waals surface area contributed by atoms with Crippen molar-refractivity contribution in [3.05, 3.63) is 35.4 Å². The van der Waals surface area contributed by atoms with Crippen LogP contribution in [0.3, 0.4) is 0 Å². The molecule has 0 bridgehead atoms. The lowest BCUT2D eigenvalue weighted by Gasteiger charge is -2.36. The highest BCUT2D eigenvalue weighted by atomic mass is 15.2. The first-order chi connectivity index (χ1) is 10.1. The molecular weight excluding hydrogens is 256 g/mol. The summed E-state index contributed by atoms with van der Waals surface area (Å²) in [5.41, 5.74) is 9.18. The number of rotatable bonds is 5. The lowest BCUT2D eigenvalue weighted by atomic mass is 9.96. The maximum atomic E-state index is 6.54. The highest BCUT2D eigenvalue weighted by molar-refractivity contribution is 5.25. The van der Waals surface area contributed by atoms with Gasteiger partial charge in [-0.2, -0.15) is 0 Å². The molecule has 1 saturated carbocycles. The van der Waals surface area contributed by atoms with Gasteiger partial charge in [0.2, 0.25) is 0 Å². The lowest BCUT2D eigenvalue weighted by Crippen LogP contribution is -2.44. The maximum absolute atomic E-state index is 6.54. The number of nitrogens with two attached hydrogens (primary N) is 1. The first-order valence-electron chi connectivity index (χ1n) is 8.69. The standard InChI is InChI=1S/C19H32N2/c1-4-16-11-13-17(14-12-16)19(20)15(2)21(3)18-9-7-5-6-8-10-18/h11-15,18-19H,4-10,20H2,1-3H3. The van der Waals surface area contributed by atoms with Gasteiger partial charge in [-0.3, -0.25) is 4.90 Å². The molecule has 1 fully saturated rings. The summed E-state index contributed by atoms with van der Waals surface area (Å²) < 4.78 is 0. The molecule has 0 aromatic heterocycles. The average Bonchev–Trinajstić information content (AvgIpc) is 2.82. The SMILES string of the molecule is CCc1ccc(C(N)C(C)N(C)C2CCCCCC2)cc1. The van der Waals surface area contributed by atoms with Crippen LogP contribution in [0.25, 0.3) is 0 Å². The van der Waals surface area contributed by atoms with Gasteiger partial charge in [0.25, 0.3) is 0 Å². The molecule has 0 heterocycles. The van der Waals surface area contributed by atoms with E-state index in [1.165, 1.54) is 49.7 Å². The van der Waals surface area contributed by atoms with E-state index < -0.39 is 0 Å². The summed E-state index contributed by atoms with van der Waals surface area (Å²) >= 11 is 0. The summed E-state index contributed by atoms with van der Waals surface area (Å²) in [5.74, 6) is 0. The zero-order valence-corrected chi connectivity index (χ0v) is 14.0. The van der Waals surface area contributed by atoms with E-state index >= 15 is 0 Å². The fourth-order valence-electron chi connectivity index (χ4n) is 3.51. The zero-order valence-electron chi connectivity index (χ0n) is 14.0. The van der Waals surface area contributed by atoms with Gasteiger partial charge in [0, 0.05) is 18.1 Å². The van der Waals surface area contributed by atoms with Crippen molar-refractivity contribution in [2.45, 2.75) is 76.9 Å². The van der Waals surface area contributed by atoms with Gasteiger partial charge in [-0.15, -0.1) is 0 Å². The van der Waals surface area contributed by atoms with Crippen LogP contribution in [0.5, 0.6) is 0 Å². The molecule has 0 spiro atoms. The van der Waals surface area contributed by atoms with E-state index in [1.807, 2.05) is 0 Å². The second-order valence-electron chi connectivity index (χ2n) is 6.67. The number of likely N-dealkylation sites (N-methyl/N-ethyl adjacent to an activating group) is 1. The second-order valence-corrected chi connectivity index (χ2v) is 6.67. The van der Waals surface area contributed by atoms with Gasteiger partial charge in [0.1, 0.15) is 0 Å². The zero-order chi connectivity index (χ0) is 15.2. The summed E-state index contributed by atoms with van der Waals surface area (Å²) in [6.07, 6.45) is 9.33. The predicted octanol–water partition coefficient (Wildman–Crippen LogP) is 4.29. The molecule has 1 aliphatic rings. The Labute approximate surface area is 130 Å². The Morgan fingerprint density at radius 1 is 1.10 bits per heavy atom. The summed E-state index contributed by atoms with van der Waals surface area (Å²) in [4.78, 5) is 2.53. The van der Waals surface area contributed by atoms with Crippen LogP contribution >= 0.6 is 0 Å². The molecule has 1 aliphatic carbocycles. The minimum absolute atomic E-state index is 0.101. The molecule has 21 heavy (non-hydrogen) atoms. The summed E-state index contributed by atoms with van der Waals surface area (Å²) in [6.45, 7) is 4.47. The summed E-state index contributed by atoms with van der Waals surface area (Å²) in [5, 5.41) is 0. The van der Waals surface area contributed by atoms with Crippen molar-refractivity contribution >= 4 is 0 Å². The minimum atomic E-state index is 0.101. The quantitative estimate of drug-likeness (QED) is 0.819. The van der Waals surface area contributed by atoms with E-state index in [-0.39, 0.29) is 6.04 Å². The van der Waals surface area contributed by atoms with E-state index in [4.69, 9.17) is 5.73 Å². The average molecular weight is 288 g/mol. The van der Waals surface area contributed by atoms with E-state index in [0.717, 1.165) is 6.42 Å². The molecule has 0 radical (unpaired) electrons. The number of benzene rings is 1. The van der Waals surface area contributed by atoms with Crippen LogP contribution in [0.2, 0.25) is 0 Å². The highest BCUT2D eigenvalue weighted by Crippen LogP contribution is 2.26. The molecule has 2 atom stereocenters. The van der Waals surface area contributed by atoms with Crippen molar-refractivity contribution in [1.29, 1.82) is 0 Å². The fraction of sp³-hybridized carbons (Fsp3) is 0.684. The second kappa shape index (κ2) is 7.95. The molecule has 2 N–H and O–H groups in total. The lowest BCUT2D eigenvalue weighted by molar-refractivity contribution is 0.148. The molecule has 2 nitrogen and oxygen atoms in total. The smallest absolute Gasteiger partial charge is 0.0450 e. The summed E-state index contributed by atoms with van der Waals surface area (Å²) in [7, 11) is 2.26. The molecule has 0 aliphatic heterocycles. The van der Waals surface area contributed by atoms with Crippen molar-refractivity contribution in [3.63, 3.8) is 0 Å². The van der Waals surface area contributed by atoms with Gasteiger partial charge in [0.05, 0.1) is 0 Å². The third kappa shape index (κ3) is 4.31. The third-order valence-electron chi connectivity index (χ3n) is 5.34. The van der Waals surface area contributed by atoms with Crippen LogP contribution in [0.4, 0.5) is 0 Å². The summed E-state index contributed by atoms with van der Waals surface area (Å²) in [6, 6.07) is 10.1. The Balaban J connectivity index is 2.00. The van der Waals surface area contributed by atoms with Gasteiger partial charge in [0.15, 0.2) is 0 Å². The van der Waals surface area contributed by atoms with Gasteiger partial charge in [-0.05, 0) is 44.4 Å². The number of hydrogen-bond acceptors (Lipinski definition) is 2. The highest BCUT2D eigenvalue weighted by Gasteiger charge is 2.25. The van der Waals surface area contributed by atoms with Crippen molar-refractivity contribution in [2.75, 3.05) is 7.05 Å². The van der Waals surface area contributed by atoms with Crippen molar-refractivity contribution in [1.82, 2.24) is 4.90 Å². The Morgan fingerprint density at radius 3 is 2.19 bits per heavy atom. The number of aryl methyl sites for hydroxylation is 1. The third-order valence-corrected chi connectivity index (χ3v) is 5.34.